The Morgan fingerprint density at radius 1 is 1.58 bits per heavy atom. The van der Waals surface area contributed by atoms with E-state index in [1.54, 1.807) is 10.7 Å². The van der Waals surface area contributed by atoms with Crippen molar-refractivity contribution in [1.29, 1.82) is 0 Å². The molecule has 1 aromatic rings. The smallest absolute Gasteiger partial charge is 0.305 e. The molecule has 0 radical (unpaired) electrons. The lowest BCUT2D eigenvalue weighted by atomic mass is 10.1. The van der Waals surface area contributed by atoms with Gasteiger partial charge in [0.2, 0.25) is 0 Å². The molecule has 2 N–H and O–H groups in total. The normalized spacial score (nSPS) is 16.1. The van der Waals surface area contributed by atoms with Gasteiger partial charge in [-0.25, -0.2) is 0 Å². The molecule has 1 atom stereocenters. The van der Waals surface area contributed by atoms with Crippen LogP contribution in [0.1, 0.15) is 42.4 Å². The summed E-state index contributed by atoms with van der Waals surface area (Å²) in [6.07, 6.45) is 1.96. The van der Waals surface area contributed by atoms with Crippen molar-refractivity contribution >= 4 is 11.9 Å². The zero-order valence-corrected chi connectivity index (χ0v) is 11.2. The van der Waals surface area contributed by atoms with Crippen LogP contribution < -0.4 is 5.32 Å². The Morgan fingerprint density at radius 3 is 2.79 bits per heavy atom. The van der Waals surface area contributed by atoms with Gasteiger partial charge in [-0.15, -0.1) is 0 Å². The minimum Gasteiger partial charge on any atom is -0.481 e. The second kappa shape index (κ2) is 5.42. The van der Waals surface area contributed by atoms with E-state index in [0.717, 1.165) is 18.5 Å². The number of aromatic nitrogens is 2. The third kappa shape index (κ3) is 3.33. The third-order valence-electron chi connectivity index (χ3n) is 3.34. The molecule has 2 rings (SSSR count). The quantitative estimate of drug-likeness (QED) is 0.809. The maximum atomic E-state index is 12.2. The van der Waals surface area contributed by atoms with Gasteiger partial charge in [-0.3, -0.25) is 14.3 Å². The molecule has 6 heteroatoms. The fourth-order valence-corrected chi connectivity index (χ4v) is 2.23. The van der Waals surface area contributed by atoms with Crippen LogP contribution in [0.2, 0.25) is 0 Å². The van der Waals surface area contributed by atoms with Gasteiger partial charge in [0.25, 0.3) is 5.91 Å². The van der Waals surface area contributed by atoms with Crippen LogP contribution in [0.3, 0.4) is 0 Å². The number of nitrogens with one attached hydrogen (secondary N) is 1. The number of carboxylic acid groups (broad SMARTS) is 1. The third-order valence-corrected chi connectivity index (χ3v) is 3.34. The molecule has 0 bridgehead atoms. The molecule has 1 aromatic heterocycles. The van der Waals surface area contributed by atoms with Crippen LogP contribution in [0.25, 0.3) is 0 Å². The Kier molecular flexibility index (Phi) is 3.87. The second-order valence-electron chi connectivity index (χ2n) is 5.00. The number of aryl methyl sites for hydroxylation is 2. The molecule has 6 nitrogen and oxygen atoms in total. The summed E-state index contributed by atoms with van der Waals surface area (Å²) in [5.74, 6) is -0.808. The Morgan fingerprint density at radius 2 is 2.26 bits per heavy atom. The fraction of sp³-hybridized carbons (Fsp3) is 0.615. The van der Waals surface area contributed by atoms with Gasteiger partial charge in [-0.1, -0.05) is 0 Å². The Balaban J connectivity index is 2.07. The number of carbonyl (C=O) groups is 2. The van der Waals surface area contributed by atoms with Crippen LogP contribution in [0, 0.1) is 12.8 Å². The molecular weight excluding hydrogens is 246 g/mol. The number of hydrogen-bond acceptors (Lipinski definition) is 3. The van der Waals surface area contributed by atoms with Gasteiger partial charge in [-0.05, 0) is 38.7 Å². The number of carboxylic acids is 1. The van der Waals surface area contributed by atoms with Crippen LogP contribution in [-0.2, 0) is 11.3 Å². The summed E-state index contributed by atoms with van der Waals surface area (Å²) in [5, 5.41) is 15.9. The number of amides is 1. The van der Waals surface area contributed by atoms with E-state index < -0.39 is 5.97 Å². The lowest BCUT2D eigenvalue weighted by Gasteiger charge is -2.16. The van der Waals surface area contributed by atoms with Gasteiger partial charge in [-0.2, -0.15) is 5.10 Å². The molecule has 1 aliphatic rings. The minimum absolute atomic E-state index is 0.0182. The van der Waals surface area contributed by atoms with Crippen molar-refractivity contribution in [3.05, 3.63) is 17.5 Å². The first-order valence-electron chi connectivity index (χ1n) is 6.58. The van der Waals surface area contributed by atoms with Gasteiger partial charge in [0.1, 0.15) is 5.69 Å². The highest BCUT2D eigenvalue weighted by Crippen LogP contribution is 2.34. The highest BCUT2D eigenvalue weighted by Gasteiger charge is 2.34. The van der Waals surface area contributed by atoms with Crippen LogP contribution in [0.5, 0.6) is 0 Å². The summed E-state index contributed by atoms with van der Waals surface area (Å²) < 4.78 is 1.63. The Labute approximate surface area is 111 Å². The molecule has 0 aliphatic heterocycles. The van der Waals surface area contributed by atoms with Gasteiger partial charge < -0.3 is 10.4 Å². The lowest BCUT2D eigenvalue weighted by Crippen LogP contribution is -2.39. The largest absolute Gasteiger partial charge is 0.481 e. The highest BCUT2D eigenvalue weighted by molar-refractivity contribution is 5.93. The molecule has 1 unspecified atom stereocenters. The molecule has 1 saturated carbocycles. The van der Waals surface area contributed by atoms with Crippen molar-refractivity contribution in [2.75, 3.05) is 0 Å². The van der Waals surface area contributed by atoms with Gasteiger partial charge >= 0.3 is 5.97 Å². The lowest BCUT2D eigenvalue weighted by molar-refractivity contribution is -0.137. The fourth-order valence-electron chi connectivity index (χ4n) is 2.23. The Hall–Kier alpha value is -1.85. The van der Waals surface area contributed by atoms with Crippen LogP contribution in [-0.4, -0.2) is 32.8 Å². The zero-order chi connectivity index (χ0) is 14.0. The van der Waals surface area contributed by atoms with E-state index in [2.05, 4.69) is 10.4 Å². The predicted octanol–water partition coefficient (Wildman–Crippen LogP) is 1.19. The van der Waals surface area contributed by atoms with Gasteiger partial charge in [0.05, 0.1) is 12.1 Å². The average Bonchev–Trinajstić information content (AvgIpc) is 3.10. The van der Waals surface area contributed by atoms with E-state index in [-0.39, 0.29) is 18.4 Å². The van der Waals surface area contributed by atoms with Crippen molar-refractivity contribution < 1.29 is 14.7 Å². The minimum atomic E-state index is -0.877. The molecular formula is C13H19N3O3. The van der Waals surface area contributed by atoms with Crippen molar-refractivity contribution in [1.82, 2.24) is 15.1 Å². The molecule has 0 saturated heterocycles. The van der Waals surface area contributed by atoms with E-state index in [0.29, 0.717) is 18.2 Å². The number of hydrogen-bond donors (Lipinski definition) is 2. The summed E-state index contributed by atoms with van der Waals surface area (Å²) >= 11 is 0. The van der Waals surface area contributed by atoms with Crippen molar-refractivity contribution in [3.63, 3.8) is 0 Å². The van der Waals surface area contributed by atoms with Crippen molar-refractivity contribution in [2.24, 2.45) is 5.92 Å². The van der Waals surface area contributed by atoms with Crippen LogP contribution in [0.4, 0.5) is 0 Å². The second-order valence-corrected chi connectivity index (χ2v) is 5.00. The van der Waals surface area contributed by atoms with E-state index >= 15 is 0 Å². The average molecular weight is 265 g/mol. The maximum Gasteiger partial charge on any atom is 0.305 e. The highest BCUT2D eigenvalue weighted by atomic mass is 16.4. The topological polar surface area (TPSA) is 84.2 Å². The predicted molar refractivity (Wildman–Crippen MR) is 68.9 cm³/mol. The summed E-state index contributed by atoms with van der Waals surface area (Å²) in [7, 11) is 0. The number of rotatable bonds is 6. The molecule has 104 valence electrons. The summed E-state index contributed by atoms with van der Waals surface area (Å²) in [6.45, 7) is 4.36. The van der Waals surface area contributed by atoms with Crippen molar-refractivity contribution in [3.8, 4) is 0 Å². The van der Waals surface area contributed by atoms with Crippen molar-refractivity contribution in [2.45, 2.75) is 45.7 Å². The van der Waals surface area contributed by atoms with E-state index in [1.165, 1.54) is 0 Å². The first-order valence-corrected chi connectivity index (χ1v) is 6.58. The van der Waals surface area contributed by atoms with E-state index in [1.807, 2.05) is 13.8 Å². The molecule has 19 heavy (non-hydrogen) atoms. The van der Waals surface area contributed by atoms with Crippen LogP contribution >= 0.6 is 0 Å². The first kappa shape index (κ1) is 13.6. The summed E-state index contributed by atoms with van der Waals surface area (Å²) in [6, 6.07) is 1.45. The molecule has 1 amide bonds. The molecule has 1 heterocycles. The van der Waals surface area contributed by atoms with E-state index in [4.69, 9.17) is 5.11 Å². The molecule has 1 fully saturated rings. The van der Waals surface area contributed by atoms with Crippen LogP contribution in [0.15, 0.2) is 6.07 Å². The number of nitrogens with zero attached hydrogens (tertiary/aromatic N) is 2. The standard InChI is InChI=1S/C13H19N3O3/c1-3-16-11(6-8(2)15-16)13(19)14-10(7-12(17)18)9-4-5-9/h6,9-10H,3-5,7H2,1-2H3,(H,14,19)(H,17,18). The summed E-state index contributed by atoms with van der Waals surface area (Å²) in [4.78, 5) is 23.0. The summed E-state index contributed by atoms with van der Waals surface area (Å²) in [5.41, 5.74) is 1.28. The maximum absolute atomic E-state index is 12.2. The molecule has 1 aliphatic carbocycles. The van der Waals surface area contributed by atoms with Gasteiger partial charge in [0.15, 0.2) is 0 Å². The van der Waals surface area contributed by atoms with E-state index in [9.17, 15) is 9.59 Å². The van der Waals surface area contributed by atoms with Gasteiger partial charge in [0, 0.05) is 12.6 Å². The Bertz CT molecular complexity index is 491. The zero-order valence-electron chi connectivity index (χ0n) is 11.2. The molecule has 0 aromatic carbocycles. The first-order chi connectivity index (χ1) is 9.01. The monoisotopic (exact) mass is 265 g/mol. The molecule has 0 spiro atoms. The number of aliphatic carboxylic acids is 1. The SMILES string of the molecule is CCn1nc(C)cc1C(=O)NC(CC(=O)O)C1CC1. The number of carbonyl (C=O) groups excluding carboxylic acids is 1.